The van der Waals surface area contributed by atoms with Gasteiger partial charge in [-0.05, 0) is 30.7 Å². The first-order valence-electron chi connectivity index (χ1n) is 6.40. The van der Waals surface area contributed by atoms with E-state index < -0.39 is 5.97 Å². The lowest BCUT2D eigenvalue weighted by Crippen LogP contribution is -2.09. The fourth-order valence-electron chi connectivity index (χ4n) is 1.86. The molecule has 6 nitrogen and oxygen atoms in total. The summed E-state index contributed by atoms with van der Waals surface area (Å²) in [6, 6.07) is 7.14. The number of hydrogen-bond acceptors (Lipinski definition) is 5. The molecule has 0 saturated carbocycles. The molecular formula is C14H18N4O2. The minimum atomic E-state index is -0.428. The number of hydrogen-bond donors (Lipinski definition) is 2. The Balaban J connectivity index is 1.88. The molecule has 0 unspecified atom stereocenters. The van der Waals surface area contributed by atoms with E-state index in [1.165, 1.54) is 7.11 Å². The van der Waals surface area contributed by atoms with E-state index in [4.69, 9.17) is 5.73 Å². The van der Waals surface area contributed by atoms with Gasteiger partial charge in [-0.15, -0.1) is 0 Å². The molecule has 0 amide bonds. The lowest BCUT2D eigenvalue weighted by Gasteiger charge is -2.09. The Hall–Kier alpha value is -2.50. The number of aryl methyl sites for hydroxylation is 1. The number of nitrogens with one attached hydrogen (secondary N) is 1. The molecule has 0 aliphatic heterocycles. The normalized spacial score (nSPS) is 10.2. The van der Waals surface area contributed by atoms with Crippen LogP contribution in [0.3, 0.4) is 0 Å². The van der Waals surface area contributed by atoms with Crippen molar-refractivity contribution < 1.29 is 9.53 Å². The minimum absolute atomic E-state index is 0.379. The Labute approximate surface area is 117 Å². The molecule has 20 heavy (non-hydrogen) atoms. The molecule has 0 atom stereocenters. The van der Waals surface area contributed by atoms with Crippen LogP contribution in [0.5, 0.6) is 0 Å². The average Bonchev–Trinajstić information content (AvgIpc) is 2.97. The summed E-state index contributed by atoms with van der Waals surface area (Å²) in [7, 11) is 1.34. The predicted molar refractivity (Wildman–Crippen MR) is 77.5 cm³/mol. The summed E-state index contributed by atoms with van der Waals surface area (Å²) in [5, 5.41) is 7.38. The molecule has 3 N–H and O–H groups in total. The van der Waals surface area contributed by atoms with Gasteiger partial charge < -0.3 is 15.8 Å². The highest BCUT2D eigenvalue weighted by Crippen LogP contribution is 2.18. The fraction of sp³-hybridized carbons (Fsp3) is 0.286. The first kappa shape index (κ1) is 13.9. The number of nitrogens with two attached hydrogens (primary N) is 1. The number of rotatable bonds is 6. The summed E-state index contributed by atoms with van der Waals surface area (Å²) in [5.74, 6) is -0.428. The Kier molecular flexibility index (Phi) is 4.60. The number of ether oxygens (including phenoxy) is 1. The van der Waals surface area contributed by atoms with Gasteiger partial charge in [-0.1, -0.05) is 0 Å². The lowest BCUT2D eigenvalue weighted by atomic mass is 10.1. The van der Waals surface area contributed by atoms with Crippen LogP contribution in [0.4, 0.5) is 11.4 Å². The maximum absolute atomic E-state index is 11.5. The van der Waals surface area contributed by atoms with E-state index in [9.17, 15) is 4.79 Å². The number of aromatic nitrogens is 2. The van der Waals surface area contributed by atoms with E-state index in [-0.39, 0.29) is 0 Å². The number of carbonyl (C=O) groups excluding carboxylic acids is 1. The molecule has 0 saturated heterocycles. The molecule has 0 aliphatic carbocycles. The largest absolute Gasteiger partial charge is 0.465 e. The van der Waals surface area contributed by atoms with E-state index in [0.29, 0.717) is 11.3 Å². The lowest BCUT2D eigenvalue weighted by molar-refractivity contribution is 0.0602. The highest BCUT2D eigenvalue weighted by molar-refractivity contribution is 5.96. The van der Waals surface area contributed by atoms with Gasteiger partial charge in [0.2, 0.25) is 0 Å². The second kappa shape index (κ2) is 6.60. The third-order valence-corrected chi connectivity index (χ3v) is 2.91. The van der Waals surface area contributed by atoms with Crippen molar-refractivity contribution in [2.75, 3.05) is 24.7 Å². The molecule has 2 aromatic rings. The van der Waals surface area contributed by atoms with Gasteiger partial charge in [0.25, 0.3) is 0 Å². The quantitative estimate of drug-likeness (QED) is 0.476. The zero-order valence-electron chi connectivity index (χ0n) is 11.4. The maximum atomic E-state index is 11.5. The van der Waals surface area contributed by atoms with E-state index in [1.54, 1.807) is 18.3 Å². The zero-order chi connectivity index (χ0) is 14.4. The number of anilines is 2. The predicted octanol–water partition coefficient (Wildman–Crippen LogP) is 1.75. The molecule has 0 aliphatic rings. The highest BCUT2D eigenvalue weighted by atomic mass is 16.5. The number of benzene rings is 1. The number of methoxy groups -OCH3 is 1. The summed E-state index contributed by atoms with van der Waals surface area (Å²) in [6.07, 6.45) is 4.62. The molecule has 1 aromatic heterocycles. The third-order valence-electron chi connectivity index (χ3n) is 2.91. The van der Waals surface area contributed by atoms with Crippen LogP contribution in [0.15, 0.2) is 36.7 Å². The first-order chi connectivity index (χ1) is 9.70. The Morgan fingerprint density at radius 3 is 3.05 bits per heavy atom. The summed E-state index contributed by atoms with van der Waals surface area (Å²) in [5.41, 5.74) is 7.39. The van der Waals surface area contributed by atoms with Crippen LogP contribution in [0.1, 0.15) is 16.8 Å². The topological polar surface area (TPSA) is 82.2 Å². The summed E-state index contributed by atoms with van der Waals surface area (Å²) in [6.45, 7) is 1.63. The van der Waals surface area contributed by atoms with Crippen molar-refractivity contribution in [1.82, 2.24) is 9.78 Å². The van der Waals surface area contributed by atoms with Gasteiger partial charge in [-0.3, -0.25) is 4.68 Å². The third kappa shape index (κ3) is 3.50. The molecule has 6 heteroatoms. The molecule has 0 bridgehead atoms. The van der Waals surface area contributed by atoms with Crippen molar-refractivity contribution >= 4 is 17.3 Å². The van der Waals surface area contributed by atoms with Crippen LogP contribution in [0.2, 0.25) is 0 Å². The SMILES string of the molecule is COC(=O)c1cc(NCCCn2cccn2)ccc1N. The van der Waals surface area contributed by atoms with Crippen LogP contribution < -0.4 is 11.1 Å². The van der Waals surface area contributed by atoms with Crippen LogP contribution in [-0.4, -0.2) is 29.4 Å². The smallest absolute Gasteiger partial charge is 0.340 e. The summed E-state index contributed by atoms with van der Waals surface area (Å²) in [4.78, 5) is 11.5. The van der Waals surface area contributed by atoms with E-state index in [2.05, 4.69) is 15.2 Å². The van der Waals surface area contributed by atoms with E-state index >= 15 is 0 Å². The zero-order valence-corrected chi connectivity index (χ0v) is 11.4. The minimum Gasteiger partial charge on any atom is -0.465 e. The molecule has 0 spiro atoms. The fourth-order valence-corrected chi connectivity index (χ4v) is 1.86. The second-order valence-corrected chi connectivity index (χ2v) is 4.34. The second-order valence-electron chi connectivity index (χ2n) is 4.34. The Morgan fingerprint density at radius 2 is 2.35 bits per heavy atom. The van der Waals surface area contributed by atoms with Crippen molar-refractivity contribution in [2.45, 2.75) is 13.0 Å². The Morgan fingerprint density at radius 1 is 1.50 bits per heavy atom. The van der Waals surface area contributed by atoms with Gasteiger partial charge in [0, 0.05) is 36.9 Å². The maximum Gasteiger partial charge on any atom is 0.340 e. The van der Waals surface area contributed by atoms with Gasteiger partial charge in [-0.25, -0.2) is 4.79 Å². The van der Waals surface area contributed by atoms with Crippen LogP contribution >= 0.6 is 0 Å². The van der Waals surface area contributed by atoms with Gasteiger partial charge in [0.1, 0.15) is 0 Å². The van der Waals surface area contributed by atoms with Crippen LogP contribution in [0, 0.1) is 0 Å². The number of nitrogen functional groups attached to an aromatic ring is 1. The summed E-state index contributed by atoms with van der Waals surface area (Å²) >= 11 is 0. The molecule has 0 radical (unpaired) electrons. The first-order valence-corrected chi connectivity index (χ1v) is 6.40. The molecular weight excluding hydrogens is 256 g/mol. The van der Waals surface area contributed by atoms with Crippen molar-refractivity contribution in [1.29, 1.82) is 0 Å². The standard InChI is InChI=1S/C14H18N4O2/c1-20-14(19)12-10-11(4-5-13(12)15)16-6-2-8-18-9-3-7-17-18/h3-5,7,9-10,16H,2,6,8,15H2,1H3. The van der Waals surface area contributed by atoms with Gasteiger partial charge in [-0.2, -0.15) is 5.10 Å². The molecule has 2 rings (SSSR count). The monoisotopic (exact) mass is 274 g/mol. The Bertz CT molecular complexity index is 567. The molecule has 1 aromatic carbocycles. The van der Waals surface area contributed by atoms with E-state index in [1.807, 2.05) is 23.0 Å². The van der Waals surface area contributed by atoms with Gasteiger partial charge in [0.15, 0.2) is 0 Å². The van der Waals surface area contributed by atoms with Gasteiger partial charge in [0.05, 0.1) is 12.7 Å². The van der Waals surface area contributed by atoms with Gasteiger partial charge >= 0.3 is 5.97 Å². The van der Waals surface area contributed by atoms with Crippen molar-refractivity contribution in [2.24, 2.45) is 0 Å². The average molecular weight is 274 g/mol. The van der Waals surface area contributed by atoms with Crippen molar-refractivity contribution in [3.05, 3.63) is 42.2 Å². The highest BCUT2D eigenvalue weighted by Gasteiger charge is 2.10. The number of nitrogens with zero attached hydrogens (tertiary/aromatic N) is 2. The summed E-state index contributed by atoms with van der Waals surface area (Å²) < 4.78 is 6.57. The number of esters is 1. The van der Waals surface area contributed by atoms with Crippen LogP contribution in [0.25, 0.3) is 0 Å². The number of carbonyl (C=O) groups is 1. The molecule has 1 heterocycles. The van der Waals surface area contributed by atoms with E-state index in [0.717, 1.165) is 25.2 Å². The van der Waals surface area contributed by atoms with Crippen molar-refractivity contribution in [3.63, 3.8) is 0 Å². The molecule has 106 valence electrons. The molecule has 0 fully saturated rings. The van der Waals surface area contributed by atoms with Crippen LogP contribution in [-0.2, 0) is 11.3 Å². The van der Waals surface area contributed by atoms with Crippen molar-refractivity contribution in [3.8, 4) is 0 Å².